The predicted molar refractivity (Wildman–Crippen MR) is 95.7 cm³/mol. The fraction of sp³-hybridized carbons (Fsp3) is 0.579. The topological polar surface area (TPSA) is 77.1 Å². The number of nitrogens with zero attached hydrogens (tertiary/aromatic N) is 1. The molecule has 1 fully saturated rings. The molecule has 0 spiro atoms. The van der Waals surface area contributed by atoms with Crippen molar-refractivity contribution in [2.75, 3.05) is 32.9 Å². The molecule has 1 aromatic carbocycles. The maximum absolute atomic E-state index is 12.6. The molecule has 0 radical (unpaired) electrons. The lowest BCUT2D eigenvalue weighted by Crippen LogP contribution is -2.44. The molecule has 2 aliphatic rings. The van der Waals surface area contributed by atoms with Crippen LogP contribution in [0, 0.1) is 5.92 Å². The number of halogens is 3. The molecule has 0 aromatic heterocycles. The number of likely N-dealkylation sites (tertiary alicyclic amines) is 1. The molecule has 0 saturated carbocycles. The third-order valence-electron chi connectivity index (χ3n) is 4.91. The van der Waals surface area contributed by atoms with E-state index in [1.807, 2.05) is 19.1 Å². The van der Waals surface area contributed by atoms with Gasteiger partial charge in [-0.05, 0) is 37.5 Å². The number of piperidine rings is 1. The Bertz CT molecular complexity index is 748. The summed E-state index contributed by atoms with van der Waals surface area (Å²) in [5.74, 6) is 0.834. The Morgan fingerprint density at radius 1 is 1.21 bits per heavy atom. The van der Waals surface area contributed by atoms with Crippen molar-refractivity contribution in [3.05, 3.63) is 23.8 Å². The van der Waals surface area contributed by atoms with Gasteiger partial charge in [0.15, 0.2) is 18.1 Å². The lowest BCUT2D eigenvalue weighted by atomic mass is 9.95. The van der Waals surface area contributed by atoms with Crippen molar-refractivity contribution in [1.82, 2.24) is 10.2 Å². The summed E-state index contributed by atoms with van der Waals surface area (Å²) >= 11 is 0. The van der Waals surface area contributed by atoms with Crippen LogP contribution in [0.3, 0.4) is 0 Å². The second-order valence-corrected chi connectivity index (χ2v) is 7.06. The first-order valence-corrected chi connectivity index (χ1v) is 9.41. The van der Waals surface area contributed by atoms with Crippen LogP contribution in [0.1, 0.15) is 31.4 Å². The van der Waals surface area contributed by atoms with E-state index in [0.29, 0.717) is 37.6 Å². The van der Waals surface area contributed by atoms with E-state index in [-0.39, 0.29) is 31.0 Å². The van der Waals surface area contributed by atoms with E-state index in [2.05, 4.69) is 10.1 Å². The van der Waals surface area contributed by atoms with E-state index >= 15 is 0 Å². The van der Waals surface area contributed by atoms with Crippen LogP contribution in [0.4, 0.5) is 18.0 Å². The Balaban J connectivity index is 1.47. The number of benzene rings is 1. The summed E-state index contributed by atoms with van der Waals surface area (Å²) in [5.41, 5.74) is 0.871. The number of hydrogen-bond acceptors (Lipinski definition) is 5. The molecule has 160 valence electrons. The second kappa shape index (κ2) is 8.79. The van der Waals surface area contributed by atoms with Crippen molar-refractivity contribution in [2.24, 2.45) is 5.92 Å². The number of alkyl halides is 3. The van der Waals surface area contributed by atoms with E-state index in [1.165, 1.54) is 4.90 Å². The monoisotopic (exact) mass is 416 g/mol. The maximum Gasteiger partial charge on any atom is 0.422 e. The predicted octanol–water partition coefficient (Wildman–Crippen LogP) is 3.05. The fourth-order valence-electron chi connectivity index (χ4n) is 3.30. The van der Waals surface area contributed by atoms with Crippen LogP contribution in [0.15, 0.2) is 18.2 Å². The van der Waals surface area contributed by atoms with Crippen LogP contribution in [0.2, 0.25) is 0 Å². The summed E-state index contributed by atoms with van der Waals surface area (Å²) in [4.78, 5) is 25.4. The van der Waals surface area contributed by atoms with Crippen molar-refractivity contribution >= 4 is 12.0 Å². The molecule has 7 nitrogen and oxygen atoms in total. The number of ether oxygens (including phenoxy) is 3. The van der Waals surface area contributed by atoms with Gasteiger partial charge < -0.3 is 24.4 Å². The van der Waals surface area contributed by atoms with Gasteiger partial charge >= 0.3 is 12.3 Å². The minimum absolute atomic E-state index is 0.157. The number of amides is 2. The molecule has 0 aliphatic carbocycles. The zero-order valence-corrected chi connectivity index (χ0v) is 16.0. The first kappa shape index (κ1) is 21.1. The Morgan fingerprint density at radius 2 is 1.86 bits per heavy atom. The average Bonchev–Trinajstić information content (AvgIpc) is 2.71. The normalized spacial score (nSPS) is 18.1. The highest BCUT2D eigenvalue weighted by molar-refractivity contribution is 5.79. The Labute approximate surface area is 166 Å². The second-order valence-electron chi connectivity index (χ2n) is 7.06. The lowest BCUT2D eigenvalue weighted by Gasteiger charge is -2.31. The van der Waals surface area contributed by atoms with Crippen molar-refractivity contribution in [3.8, 4) is 11.5 Å². The van der Waals surface area contributed by atoms with Crippen LogP contribution in [-0.4, -0.2) is 56.0 Å². The third kappa shape index (κ3) is 5.68. The molecule has 0 unspecified atom stereocenters. The van der Waals surface area contributed by atoms with Gasteiger partial charge in [0.05, 0.1) is 6.04 Å². The molecule has 1 N–H and O–H groups in total. The van der Waals surface area contributed by atoms with Gasteiger partial charge in [-0.15, -0.1) is 0 Å². The van der Waals surface area contributed by atoms with E-state index in [9.17, 15) is 22.8 Å². The highest BCUT2D eigenvalue weighted by Gasteiger charge is 2.33. The first-order valence-electron chi connectivity index (χ1n) is 9.41. The zero-order chi connectivity index (χ0) is 21.0. The van der Waals surface area contributed by atoms with Crippen LogP contribution in [-0.2, 0) is 9.53 Å². The van der Waals surface area contributed by atoms with E-state index < -0.39 is 18.9 Å². The molecule has 2 heterocycles. The number of nitrogens with one attached hydrogen (secondary N) is 1. The molecule has 0 bridgehead atoms. The van der Waals surface area contributed by atoms with Gasteiger partial charge in [0.1, 0.15) is 13.2 Å². The molecular weight excluding hydrogens is 393 g/mol. The van der Waals surface area contributed by atoms with Gasteiger partial charge in [0.2, 0.25) is 5.91 Å². The minimum Gasteiger partial charge on any atom is -0.486 e. The van der Waals surface area contributed by atoms with Crippen molar-refractivity contribution in [1.29, 1.82) is 0 Å². The van der Waals surface area contributed by atoms with Crippen LogP contribution in [0.25, 0.3) is 0 Å². The number of fused-ring (bicyclic) bond motifs is 1. The smallest absolute Gasteiger partial charge is 0.422 e. The Kier molecular flexibility index (Phi) is 6.39. The summed E-state index contributed by atoms with van der Waals surface area (Å²) in [7, 11) is 0. The lowest BCUT2D eigenvalue weighted by molar-refractivity contribution is -0.162. The van der Waals surface area contributed by atoms with Crippen molar-refractivity contribution in [2.45, 2.75) is 32.0 Å². The van der Waals surface area contributed by atoms with Gasteiger partial charge in [-0.2, -0.15) is 13.2 Å². The molecule has 3 rings (SSSR count). The average molecular weight is 416 g/mol. The number of hydrogen-bond donors (Lipinski definition) is 1. The first-order chi connectivity index (χ1) is 13.7. The molecular formula is C19H23F3N2O5. The van der Waals surface area contributed by atoms with Gasteiger partial charge in [-0.3, -0.25) is 4.79 Å². The summed E-state index contributed by atoms with van der Waals surface area (Å²) < 4.78 is 51.7. The molecule has 2 amide bonds. The minimum atomic E-state index is -4.56. The van der Waals surface area contributed by atoms with Gasteiger partial charge in [-0.25, -0.2) is 4.79 Å². The summed E-state index contributed by atoms with van der Waals surface area (Å²) in [5, 5.41) is 2.94. The largest absolute Gasteiger partial charge is 0.486 e. The number of carbonyl (C=O) groups is 2. The molecule has 1 atom stereocenters. The van der Waals surface area contributed by atoms with Gasteiger partial charge in [0.25, 0.3) is 0 Å². The van der Waals surface area contributed by atoms with Gasteiger partial charge in [-0.1, -0.05) is 6.07 Å². The molecule has 10 heteroatoms. The quantitative estimate of drug-likeness (QED) is 0.817. The van der Waals surface area contributed by atoms with Crippen LogP contribution in [0.5, 0.6) is 11.5 Å². The fourth-order valence-corrected chi connectivity index (χ4v) is 3.30. The Morgan fingerprint density at radius 3 is 2.52 bits per heavy atom. The maximum atomic E-state index is 12.6. The summed E-state index contributed by atoms with van der Waals surface area (Å²) in [6.07, 6.45) is -4.84. The van der Waals surface area contributed by atoms with Crippen molar-refractivity contribution < 1.29 is 37.0 Å². The summed E-state index contributed by atoms with van der Waals surface area (Å²) in [6, 6.07) is 5.24. The zero-order valence-electron chi connectivity index (χ0n) is 16.0. The number of rotatable bonds is 4. The third-order valence-corrected chi connectivity index (χ3v) is 4.91. The van der Waals surface area contributed by atoms with E-state index in [0.717, 1.165) is 5.56 Å². The SMILES string of the molecule is C[C@H](NC(=O)C1CCN(C(=O)OCC(F)(F)F)CC1)c1ccc2c(c1)OCCO2. The molecule has 1 aromatic rings. The van der Waals surface area contributed by atoms with E-state index in [1.54, 1.807) is 6.07 Å². The van der Waals surface area contributed by atoms with Crippen LogP contribution < -0.4 is 14.8 Å². The highest BCUT2D eigenvalue weighted by Crippen LogP contribution is 2.32. The van der Waals surface area contributed by atoms with E-state index in [4.69, 9.17) is 9.47 Å². The summed E-state index contributed by atoms with van der Waals surface area (Å²) in [6.45, 7) is 1.56. The molecule has 1 saturated heterocycles. The van der Waals surface area contributed by atoms with Crippen LogP contribution >= 0.6 is 0 Å². The molecule has 2 aliphatic heterocycles. The Hall–Kier alpha value is -2.65. The molecule has 29 heavy (non-hydrogen) atoms. The standard InChI is InChI=1S/C19H23F3N2O5/c1-12(14-2-3-15-16(10-14)28-9-8-27-15)23-17(25)13-4-6-24(7-5-13)18(26)29-11-19(20,21)22/h2-3,10,12-13H,4-9,11H2,1H3,(H,23,25)/t12-/m0/s1. The number of carbonyl (C=O) groups excluding carboxylic acids is 2. The van der Waals surface area contributed by atoms with Crippen molar-refractivity contribution in [3.63, 3.8) is 0 Å². The highest BCUT2D eigenvalue weighted by atomic mass is 19.4. The van der Waals surface area contributed by atoms with Gasteiger partial charge in [0, 0.05) is 19.0 Å².